The molecule has 3 aromatic rings. The van der Waals surface area contributed by atoms with Gasteiger partial charge < -0.3 is 5.11 Å². The van der Waals surface area contributed by atoms with E-state index in [0.29, 0.717) is 11.3 Å². The summed E-state index contributed by atoms with van der Waals surface area (Å²) in [5, 5.41) is 10.5. The highest BCUT2D eigenvalue weighted by Gasteiger charge is 2.15. The number of benzene rings is 3. The van der Waals surface area contributed by atoms with Crippen LogP contribution in [0.4, 0.5) is 5.69 Å². The van der Waals surface area contributed by atoms with Crippen LogP contribution in [0.2, 0.25) is 0 Å². The van der Waals surface area contributed by atoms with Crippen molar-refractivity contribution in [1.82, 2.24) is 0 Å². The SMILES string of the molecule is O=C(O)/C=C/C=C/c1cc2ccccc2cc1NS(=O)(=O)c1ccccc1. The van der Waals surface area contributed by atoms with Gasteiger partial charge in [-0.2, -0.15) is 0 Å². The van der Waals surface area contributed by atoms with Gasteiger partial charge in [-0.05, 0) is 40.6 Å². The molecular formula is C21H17NO4S. The van der Waals surface area contributed by atoms with Crippen molar-refractivity contribution in [3.05, 3.63) is 90.5 Å². The Kier molecular flexibility index (Phi) is 5.38. The zero-order valence-electron chi connectivity index (χ0n) is 14.2. The predicted octanol–water partition coefficient (Wildman–Crippen LogP) is 4.29. The molecule has 0 aliphatic heterocycles. The Morgan fingerprint density at radius 2 is 1.52 bits per heavy atom. The minimum Gasteiger partial charge on any atom is -0.478 e. The van der Waals surface area contributed by atoms with Gasteiger partial charge in [0.15, 0.2) is 0 Å². The molecule has 0 heterocycles. The average Bonchev–Trinajstić information content (AvgIpc) is 2.65. The molecule has 27 heavy (non-hydrogen) atoms. The minimum absolute atomic E-state index is 0.166. The van der Waals surface area contributed by atoms with E-state index in [1.54, 1.807) is 36.4 Å². The van der Waals surface area contributed by atoms with Crippen molar-refractivity contribution in [1.29, 1.82) is 0 Å². The van der Waals surface area contributed by atoms with Crippen LogP contribution in [0.3, 0.4) is 0 Å². The van der Waals surface area contributed by atoms with Gasteiger partial charge in [-0.15, -0.1) is 0 Å². The van der Waals surface area contributed by atoms with E-state index in [1.807, 2.05) is 30.3 Å². The lowest BCUT2D eigenvalue weighted by atomic mass is 10.0. The molecule has 6 heteroatoms. The molecule has 0 bridgehead atoms. The summed E-state index contributed by atoms with van der Waals surface area (Å²) in [5.41, 5.74) is 1.04. The standard InChI is InChI=1S/C21H17NO4S/c23-21(24)13-7-6-10-18-14-16-8-4-5-9-17(16)15-20(18)22-27(25,26)19-11-2-1-3-12-19/h1-15,22H,(H,23,24)/b10-6+,13-7+. The summed E-state index contributed by atoms with van der Waals surface area (Å²) in [7, 11) is -3.74. The number of carboxylic acid groups (broad SMARTS) is 1. The normalized spacial score (nSPS) is 12.0. The topological polar surface area (TPSA) is 83.5 Å². The van der Waals surface area contributed by atoms with Gasteiger partial charge in [0.25, 0.3) is 10.0 Å². The number of allylic oxidation sites excluding steroid dienone is 2. The molecule has 3 rings (SSSR count). The predicted molar refractivity (Wildman–Crippen MR) is 107 cm³/mol. The Morgan fingerprint density at radius 1 is 0.889 bits per heavy atom. The average molecular weight is 379 g/mol. The number of hydrogen-bond acceptors (Lipinski definition) is 3. The zero-order chi connectivity index (χ0) is 19.3. The quantitative estimate of drug-likeness (QED) is 0.494. The van der Waals surface area contributed by atoms with Crippen molar-refractivity contribution in [2.24, 2.45) is 0 Å². The van der Waals surface area contributed by atoms with Gasteiger partial charge in [0, 0.05) is 6.08 Å². The maximum atomic E-state index is 12.7. The van der Waals surface area contributed by atoms with Gasteiger partial charge in [-0.25, -0.2) is 13.2 Å². The smallest absolute Gasteiger partial charge is 0.328 e. The second kappa shape index (κ2) is 7.88. The third-order valence-electron chi connectivity index (χ3n) is 3.84. The molecule has 0 atom stereocenters. The molecule has 0 aliphatic carbocycles. The summed E-state index contributed by atoms with van der Waals surface area (Å²) in [6.07, 6.45) is 5.60. The molecule has 0 saturated heterocycles. The van der Waals surface area contributed by atoms with Crippen LogP contribution in [0.1, 0.15) is 5.56 Å². The highest BCUT2D eigenvalue weighted by Crippen LogP contribution is 2.27. The van der Waals surface area contributed by atoms with E-state index in [2.05, 4.69) is 4.72 Å². The number of hydrogen-bond donors (Lipinski definition) is 2. The Balaban J connectivity index is 2.04. The molecule has 0 saturated carbocycles. The van der Waals surface area contributed by atoms with Gasteiger partial charge in [-0.1, -0.05) is 60.7 Å². The van der Waals surface area contributed by atoms with Gasteiger partial charge in [-0.3, -0.25) is 4.72 Å². The van der Waals surface area contributed by atoms with Crippen molar-refractivity contribution < 1.29 is 18.3 Å². The zero-order valence-corrected chi connectivity index (χ0v) is 15.1. The van der Waals surface area contributed by atoms with Crippen LogP contribution in [0.5, 0.6) is 0 Å². The Morgan fingerprint density at radius 3 is 2.19 bits per heavy atom. The monoisotopic (exact) mass is 379 g/mol. The maximum absolute atomic E-state index is 12.7. The van der Waals surface area contributed by atoms with Crippen LogP contribution in [-0.2, 0) is 14.8 Å². The Hall–Kier alpha value is -3.38. The minimum atomic E-state index is -3.74. The lowest BCUT2D eigenvalue weighted by Crippen LogP contribution is -2.13. The molecule has 0 aliphatic rings. The van der Waals surface area contributed by atoms with Crippen molar-refractivity contribution in [2.75, 3.05) is 4.72 Å². The molecule has 2 N–H and O–H groups in total. The lowest BCUT2D eigenvalue weighted by molar-refractivity contribution is -0.131. The van der Waals surface area contributed by atoms with Crippen molar-refractivity contribution in [3.8, 4) is 0 Å². The lowest BCUT2D eigenvalue weighted by Gasteiger charge is -2.12. The second-order valence-electron chi connectivity index (χ2n) is 5.76. The van der Waals surface area contributed by atoms with Gasteiger partial charge in [0.05, 0.1) is 10.6 Å². The number of rotatable bonds is 6. The number of carbonyl (C=O) groups is 1. The van der Waals surface area contributed by atoms with Crippen LogP contribution in [0.15, 0.2) is 89.9 Å². The van der Waals surface area contributed by atoms with E-state index < -0.39 is 16.0 Å². The van der Waals surface area contributed by atoms with E-state index >= 15 is 0 Å². The number of carboxylic acids is 1. The van der Waals surface area contributed by atoms with Gasteiger partial charge in [0.2, 0.25) is 0 Å². The van der Waals surface area contributed by atoms with E-state index in [9.17, 15) is 13.2 Å². The van der Waals surface area contributed by atoms with Crippen molar-refractivity contribution in [2.45, 2.75) is 4.90 Å². The fourth-order valence-corrected chi connectivity index (χ4v) is 3.68. The van der Waals surface area contributed by atoms with E-state index in [-0.39, 0.29) is 4.90 Å². The van der Waals surface area contributed by atoms with Gasteiger partial charge >= 0.3 is 5.97 Å². The molecule has 0 amide bonds. The Bertz CT molecular complexity index is 1130. The van der Waals surface area contributed by atoms with Crippen LogP contribution in [0, 0.1) is 0 Å². The molecular weight excluding hydrogens is 362 g/mol. The highest BCUT2D eigenvalue weighted by atomic mass is 32.2. The first-order chi connectivity index (χ1) is 13.0. The number of nitrogens with one attached hydrogen (secondary N) is 1. The molecule has 0 radical (unpaired) electrons. The Labute approximate surface area is 157 Å². The summed E-state index contributed by atoms with van der Waals surface area (Å²) in [5.74, 6) is -1.05. The number of fused-ring (bicyclic) bond motifs is 1. The maximum Gasteiger partial charge on any atom is 0.328 e. The number of anilines is 1. The van der Waals surface area contributed by atoms with E-state index in [0.717, 1.165) is 16.8 Å². The molecule has 0 spiro atoms. The molecule has 0 unspecified atom stereocenters. The van der Waals surface area contributed by atoms with E-state index in [4.69, 9.17) is 5.11 Å². The van der Waals surface area contributed by atoms with Crippen molar-refractivity contribution in [3.63, 3.8) is 0 Å². The van der Waals surface area contributed by atoms with Crippen LogP contribution < -0.4 is 4.72 Å². The molecule has 0 aromatic heterocycles. The van der Waals surface area contributed by atoms with Crippen LogP contribution in [0.25, 0.3) is 16.8 Å². The first-order valence-electron chi connectivity index (χ1n) is 8.14. The van der Waals surface area contributed by atoms with Crippen LogP contribution >= 0.6 is 0 Å². The largest absolute Gasteiger partial charge is 0.478 e. The molecule has 3 aromatic carbocycles. The summed E-state index contributed by atoms with van der Waals surface area (Å²) in [4.78, 5) is 10.8. The molecule has 136 valence electrons. The molecule has 0 fully saturated rings. The molecule has 5 nitrogen and oxygen atoms in total. The summed E-state index contributed by atoms with van der Waals surface area (Å²) >= 11 is 0. The second-order valence-corrected chi connectivity index (χ2v) is 7.44. The van der Waals surface area contributed by atoms with Crippen LogP contribution in [-0.4, -0.2) is 19.5 Å². The highest BCUT2D eigenvalue weighted by molar-refractivity contribution is 7.92. The summed E-state index contributed by atoms with van der Waals surface area (Å²) in [6.45, 7) is 0. The fraction of sp³-hybridized carbons (Fsp3) is 0. The summed E-state index contributed by atoms with van der Waals surface area (Å²) in [6, 6.07) is 19.3. The third-order valence-corrected chi connectivity index (χ3v) is 5.22. The fourth-order valence-electron chi connectivity index (χ4n) is 2.58. The first kappa shape index (κ1) is 18.4. The number of sulfonamides is 1. The number of aliphatic carboxylic acids is 1. The summed E-state index contributed by atoms with van der Waals surface area (Å²) < 4.78 is 28.0. The van der Waals surface area contributed by atoms with Crippen molar-refractivity contribution >= 4 is 38.5 Å². The first-order valence-corrected chi connectivity index (χ1v) is 9.62. The third kappa shape index (κ3) is 4.62. The van der Waals surface area contributed by atoms with E-state index in [1.165, 1.54) is 18.2 Å². The van der Waals surface area contributed by atoms with Gasteiger partial charge in [0.1, 0.15) is 0 Å².